The first-order valence-corrected chi connectivity index (χ1v) is 7.23. The quantitative estimate of drug-likeness (QED) is 0.348. The zero-order valence-electron chi connectivity index (χ0n) is 12.3. The van der Waals surface area contributed by atoms with E-state index in [-0.39, 0.29) is 5.69 Å². The van der Waals surface area contributed by atoms with Crippen LogP contribution in [0.15, 0.2) is 54.6 Å². The van der Waals surface area contributed by atoms with Crippen molar-refractivity contribution in [3.63, 3.8) is 0 Å². The summed E-state index contributed by atoms with van der Waals surface area (Å²) in [6, 6.07) is 13.1. The largest absolute Gasteiger partial charge is 0.455 e. The molecule has 0 aliphatic heterocycles. The number of esters is 1. The lowest BCUT2D eigenvalue weighted by Crippen LogP contribution is -2.06. The highest BCUT2D eigenvalue weighted by atomic mass is 35.5. The number of nitro groups is 1. The van der Waals surface area contributed by atoms with Gasteiger partial charge in [0.05, 0.1) is 4.92 Å². The Morgan fingerprint density at radius 3 is 2.70 bits per heavy atom. The second-order valence-corrected chi connectivity index (χ2v) is 5.19. The van der Waals surface area contributed by atoms with E-state index >= 15 is 0 Å². The summed E-state index contributed by atoms with van der Waals surface area (Å²) < 4.78 is 5.27. The third kappa shape index (κ3) is 4.66. The maximum absolute atomic E-state index is 11.8. The summed E-state index contributed by atoms with van der Waals surface area (Å²) in [6.45, 7) is 1.72. The summed E-state index contributed by atoms with van der Waals surface area (Å²) in [4.78, 5) is 22.1. The Balaban J connectivity index is 2.03. The molecule has 0 radical (unpaired) electrons. The van der Waals surface area contributed by atoms with Gasteiger partial charge in [-0.3, -0.25) is 10.1 Å². The zero-order valence-corrected chi connectivity index (χ0v) is 13.1. The molecule has 2 rings (SSSR count). The van der Waals surface area contributed by atoms with Crippen molar-refractivity contribution in [2.24, 2.45) is 0 Å². The van der Waals surface area contributed by atoms with Crippen LogP contribution in [0.25, 0.3) is 6.08 Å². The Bertz CT molecular complexity index is 758. The minimum absolute atomic E-state index is 0.0371. The lowest BCUT2D eigenvalue weighted by molar-refractivity contribution is -0.384. The molecule has 2 aromatic rings. The molecule has 0 saturated heterocycles. The molecule has 0 saturated carbocycles. The molecule has 23 heavy (non-hydrogen) atoms. The second-order valence-electron chi connectivity index (χ2n) is 4.79. The van der Waals surface area contributed by atoms with E-state index in [9.17, 15) is 14.9 Å². The van der Waals surface area contributed by atoms with Crippen molar-refractivity contribution in [1.82, 2.24) is 0 Å². The highest BCUT2D eigenvalue weighted by Crippen LogP contribution is 2.25. The van der Waals surface area contributed by atoms with Crippen molar-refractivity contribution < 1.29 is 14.5 Å². The van der Waals surface area contributed by atoms with Crippen LogP contribution >= 0.6 is 11.6 Å². The number of benzene rings is 2. The van der Waals surface area contributed by atoms with E-state index in [0.29, 0.717) is 16.1 Å². The normalized spacial score (nSPS) is 12.1. The predicted octanol–water partition coefficient (Wildman–Crippen LogP) is 4.57. The summed E-state index contributed by atoms with van der Waals surface area (Å²) in [5.74, 6) is -0.552. The maximum Gasteiger partial charge on any atom is 0.331 e. The Labute approximate surface area is 138 Å². The van der Waals surface area contributed by atoms with Crippen molar-refractivity contribution >= 4 is 29.3 Å². The van der Waals surface area contributed by atoms with E-state index in [4.69, 9.17) is 16.3 Å². The molecular weight excluding hydrogens is 318 g/mol. The van der Waals surface area contributed by atoms with Crippen LogP contribution in [-0.2, 0) is 9.53 Å². The fourth-order valence-corrected chi connectivity index (χ4v) is 2.28. The molecule has 0 heterocycles. The molecule has 0 unspecified atom stereocenters. The van der Waals surface area contributed by atoms with Crippen molar-refractivity contribution in [1.29, 1.82) is 0 Å². The fourth-order valence-electron chi connectivity index (χ4n) is 1.99. The van der Waals surface area contributed by atoms with Gasteiger partial charge in [0.25, 0.3) is 5.69 Å². The van der Waals surface area contributed by atoms with Crippen molar-refractivity contribution in [3.05, 3.63) is 80.9 Å². The molecule has 0 aliphatic carbocycles. The van der Waals surface area contributed by atoms with Crippen molar-refractivity contribution in [3.8, 4) is 0 Å². The number of hydrogen-bond donors (Lipinski definition) is 0. The number of nitro benzene ring substituents is 1. The first kappa shape index (κ1) is 16.7. The molecule has 1 atom stereocenters. The standard InChI is InChI=1S/C17H14ClNO4/c1-12(15-7-2-3-8-16(15)18)23-17(20)10-9-13-5-4-6-14(11-13)19(21)22/h2-12H,1H3/b10-9+/t12-/m1/s1. The lowest BCUT2D eigenvalue weighted by Gasteiger charge is -2.13. The number of rotatable bonds is 5. The molecule has 0 fully saturated rings. The van der Waals surface area contributed by atoms with Crippen LogP contribution in [0.2, 0.25) is 5.02 Å². The van der Waals surface area contributed by atoms with Crippen LogP contribution in [-0.4, -0.2) is 10.9 Å². The molecule has 0 aromatic heterocycles. The van der Waals surface area contributed by atoms with Crippen molar-refractivity contribution in [2.75, 3.05) is 0 Å². The van der Waals surface area contributed by atoms with Gasteiger partial charge < -0.3 is 4.74 Å². The van der Waals surface area contributed by atoms with Gasteiger partial charge in [0, 0.05) is 28.8 Å². The van der Waals surface area contributed by atoms with Crippen LogP contribution in [0.5, 0.6) is 0 Å². The fraction of sp³-hybridized carbons (Fsp3) is 0.118. The van der Waals surface area contributed by atoms with E-state index in [0.717, 1.165) is 0 Å². The summed E-state index contributed by atoms with van der Waals surface area (Å²) in [5, 5.41) is 11.2. The number of carbonyl (C=O) groups is 1. The molecule has 6 heteroatoms. The molecule has 0 N–H and O–H groups in total. The van der Waals surface area contributed by atoms with E-state index in [2.05, 4.69) is 0 Å². The van der Waals surface area contributed by atoms with E-state index in [1.165, 1.54) is 24.3 Å². The Morgan fingerprint density at radius 2 is 2.00 bits per heavy atom. The molecule has 0 aliphatic rings. The summed E-state index contributed by atoms with van der Waals surface area (Å²) in [6.07, 6.45) is 2.20. The maximum atomic E-state index is 11.8. The molecule has 0 spiro atoms. The highest BCUT2D eigenvalue weighted by Gasteiger charge is 2.12. The Hall–Kier alpha value is -2.66. The van der Waals surface area contributed by atoms with Crippen LogP contribution in [0, 0.1) is 10.1 Å². The zero-order chi connectivity index (χ0) is 16.8. The first-order chi connectivity index (χ1) is 11.0. The molecule has 5 nitrogen and oxygen atoms in total. The highest BCUT2D eigenvalue weighted by molar-refractivity contribution is 6.31. The Morgan fingerprint density at radius 1 is 1.26 bits per heavy atom. The monoisotopic (exact) mass is 331 g/mol. The number of non-ortho nitro benzene ring substituents is 1. The smallest absolute Gasteiger partial charge is 0.331 e. The molecule has 0 bridgehead atoms. The minimum atomic E-state index is -0.552. The summed E-state index contributed by atoms with van der Waals surface area (Å²) in [7, 11) is 0. The number of nitrogens with zero attached hydrogens (tertiary/aromatic N) is 1. The van der Waals surface area contributed by atoms with Gasteiger partial charge in [-0.1, -0.05) is 41.9 Å². The molecule has 118 valence electrons. The van der Waals surface area contributed by atoms with Gasteiger partial charge in [0.2, 0.25) is 0 Å². The second kappa shape index (κ2) is 7.56. The average molecular weight is 332 g/mol. The molecular formula is C17H14ClNO4. The number of carbonyl (C=O) groups excluding carboxylic acids is 1. The summed E-state index contributed by atoms with van der Waals surface area (Å²) >= 11 is 6.05. The molecule has 0 amide bonds. The summed E-state index contributed by atoms with van der Waals surface area (Å²) in [5.41, 5.74) is 1.22. The van der Waals surface area contributed by atoms with Gasteiger partial charge in [0.1, 0.15) is 6.10 Å². The van der Waals surface area contributed by atoms with Crippen molar-refractivity contribution in [2.45, 2.75) is 13.0 Å². The number of hydrogen-bond acceptors (Lipinski definition) is 4. The third-order valence-electron chi connectivity index (χ3n) is 3.13. The topological polar surface area (TPSA) is 69.4 Å². The van der Waals surface area contributed by atoms with Crippen LogP contribution in [0.4, 0.5) is 5.69 Å². The minimum Gasteiger partial charge on any atom is -0.455 e. The SMILES string of the molecule is C[C@@H](OC(=O)/C=C/c1cccc([N+](=O)[O-])c1)c1ccccc1Cl. The van der Waals surface area contributed by atoms with Crippen LogP contribution in [0.3, 0.4) is 0 Å². The van der Waals surface area contributed by atoms with Crippen LogP contribution in [0.1, 0.15) is 24.2 Å². The van der Waals surface area contributed by atoms with E-state index < -0.39 is 17.0 Å². The lowest BCUT2D eigenvalue weighted by atomic mass is 10.1. The third-order valence-corrected chi connectivity index (χ3v) is 3.47. The van der Waals surface area contributed by atoms with E-state index in [1.54, 1.807) is 37.3 Å². The van der Waals surface area contributed by atoms with E-state index in [1.807, 2.05) is 6.07 Å². The molecule has 2 aromatic carbocycles. The van der Waals surface area contributed by atoms with Gasteiger partial charge in [-0.05, 0) is 24.6 Å². The van der Waals surface area contributed by atoms with Gasteiger partial charge in [-0.15, -0.1) is 0 Å². The average Bonchev–Trinajstić information content (AvgIpc) is 2.53. The predicted molar refractivity (Wildman–Crippen MR) is 88.1 cm³/mol. The Kier molecular flexibility index (Phi) is 5.49. The van der Waals surface area contributed by atoms with Gasteiger partial charge >= 0.3 is 5.97 Å². The van der Waals surface area contributed by atoms with Gasteiger partial charge in [0.15, 0.2) is 0 Å². The number of halogens is 1. The van der Waals surface area contributed by atoms with Gasteiger partial charge in [-0.2, -0.15) is 0 Å². The first-order valence-electron chi connectivity index (χ1n) is 6.85. The van der Waals surface area contributed by atoms with Gasteiger partial charge in [-0.25, -0.2) is 4.79 Å². The number of ether oxygens (including phenoxy) is 1. The van der Waals surface area contributed by atoms with Crippen LogP contribution < -0.4 is 0 Å².